The van der Waals surface area contributed by atoms with Crippen molar-refractivity contribution in [1.82, 2.24) is 4.37 Å². The highest BCUT2D eigenvalue weighted by Gasteiger charge is 2.14. The largest absolute Gasteiger partial charge is 0.192 e. The lowest BCUT2D eigenvalue weighted by molar-refractivity contribution is 1.49. The van der Waals surface area contributed by atoms with Crippen LogP contribution in [0.1, 0.15) is 4.88 Å². The zero-order chi connectivity index (χ0) is 14.1. The number of benzene rings is 2. The zero-order valence-electron chi connectivity index (χ0n) is 10.7. The van der Waals surface area contributed by atoms with E-state index in [1.165, 1.54) is 16.0 Å². The van der Waals surface area contributed by atoms with Gasteiger partial charge in [-0.2, -0.15) is 4.37 Å². The fourth-order valence-corrected chi connectivity index (χ4v) is 3.39. The van der Waals surface area contributed by atoms with Crippen molar-refractivity contribution in [1.29, 1.82) is 0 Å². The van der Waals surface area contributed by atoms with Crippen LogP contribution in [0.5, 0.6) is 0 Å². The first-order chi connectivity index (χ1) is 9.65. The number of rotatable bonds is 2. The van der Waals surface area contributed by atoms with Gasteiger partial charge in [-0.25, -0.2) is 0 Å². The highest BCUT2D eigenvalue weighted by Crippen LogP contribution is 2.37. The molecule has 0 saturated heterocycles. The molecule has 0 aliphatic heterocycles. The molecule has 100 valence electrons. The number of hydrogen-bond donors (Lipinski definition) is 0. The van der Waals surface area contributed by atoms with Crippen LogP contribution in [-0.4, -0.2) is 4.37 Å². The molecule has 1 heterocycles. The van der Waals surface area contributed by atoms with E-state index >= 15 is 0 Å². The van der Waals surface area contributed by atoms with E-state index in [2.05, 4.69) is 91.7 Å². The third kappa shape index (κ3) is 2.73. The Morgan fingerprint density at radius 3 is 1.85 bits per heavy atom. The maximum atomic E-state index is 4.63. The van der Waals surface area contributed by atoms with Gasteiger partial charge in [-0.05, 0) is 48.3 Å². The molecule has 0 aliphatic rings. The van der Waals surface area contributed by atoms with E-state index in [1.54, 1.807) is 11.5 Å². The molecule has 3 rings (SSSR count). The van der Waals surface area contributed by atoms with Gasteiger partial charge in [-0.3, -0.25) is 0 Å². The van der Waals surface area contributed by atoms with Crippen LogP contribution in [-0.2, 0) is 0 Å². The molecule has 0 unspecified atom stereocenters. The lowest BCUT2D eigenvalue weighted by Crippen LogP contribution is -1.84. The van der Waals surface area contributed by atoms with Crippen molar-refractivity contribution < 1.29 is 0 Å². The van der Waals surface area contributed by atoms with Crippen LogP contribution in [0, 0.1) is 6.92 Å². The smallest absolute Gasteiger partial charge is 0.0921 e. The maximum absolute atomic E-state index is 4.63. The molecule has 4 heteroatoms. The molecule has 20 heavy (non-hydrogen) atoms. The summed E-state index contributed by atoms with van der Waals surface area (Å²) >= 11 is 8.51. The normalized spacial score (nSPS) is 10.8. The van der Waals surface area contributed by atoms with Gasteiger partial charge in [0.05, 0.1) is 5.69 Å². The summed E-state index contributed by atoms with van der Waals surface area (Å²) in [5.41, 5.74) is 4.64. The summed E-state index contributed by atoms with van der Waals surface area (Å²) < 4.78 is 6.80. The Bertz CT molecular complexity index is 730. The topological polar surface area (TPSA) is 12.9 Å². The van der Waals surface area contributed by atoms with E-state index in [4.69, 9.17) is 0 Å². The third-order valence-electron chi connectivity index (χ3n) is 3.11. The standard InChI is InChI=1S/C16H11Br2NS/c1-10-15(11-2-6-13(17)7-3-11)16(19-20-10)12-4-8-14(18)9-5-12/h2-9H,1H3. The van der Waals surface area contributed by atoms with Crippen molar-refractivity contribution in [3.05, 3.63) is 62.4 Å². The molecule has 2 aromatic carbocycles. The molecular formula is C16H11Br2NS. The monoisotopic (exact) mass is 407 g/mol. The average Bonchev–Trinajstić information content (AvgIpc) is 2.83. The SMILES string of the molecule is Cc1snc(-c2ccc(Br)cc2)c1-c1ccc(Br)cc1. The van der Waals surface area contributed by atoms with Crippen LogP contribution < -0.4 is 0 Å². The summed E-state index contributed by atoms with van der Waals surface area (Å²) in [5, 5.41) is 0. The molecule has 1 nitrogen and oxygen atoms in total. The van der Waals surface area contributed by atoms with Gasteiger partial charge >= 0.3 is 0 Å². The summed E-state index contributed by atoms with van der Waals surface area (Å²) in [6.45, 7) is 2.12. The van der Waals surface area contributed by atoms with Crippen LogP contribution >= 0.6 is 43.4 Å². The molecule has 0 radical (unpaired) electrons. The molecule has 0 aliphatic carbocycles. The molecule has 0 saturated carbocycles. The number of nitrogens with zero attached hydrogens (tertiary/aromatic N) is 1. The van der Waals surface area contributed by atoms with Crippen molar-refractivity contribution >= 4 is 43.4 Å². The first-order valence-electron chi connectivity index (χ1n) is 6.13. The number of aromatic nitrogens is 1. The van der Waals surface area contributed by atoms with E-state index in [-0.39, 0.29) is 0 Å². The van der Waals surface area contributed by atoms with Crippen molar-refractivity contribution in [3.63, 3.8) is 0 Å². The van der Waals surface area contributed by atoms with Crippen LogP contribution in [0.3, 0.4) is 0 Å². The molecule has 3 aromatic rings. The van der Waals surface area contributed by atoms with Gasteiger partial charge in [0, 0.05) is 24.9 Å². The highest BCUT2D eigenvalue weighted by molar-refractivity contribution is 9.10. The number of hydrogen-bond acceptors (Lipinski definition) is 2. The molecule has 0 amide bonds. The van der Waals surface area contributed by atoms with Gasteiger partial charge < -0.3 is 0 Å². The van der Waals surface area contributed by atoms with Gasteiger partial charge in [-0.1, -0.05) is 56.1 Å². The van der Waals surface area contributed by atoms with Crippen molar-refractivity contribution in [2.45, 2.75) is 6.92 Å². The average molecular weight is 409 g/mol. The van der Waals surface area contributed by atoms with Crippen LogP contribution in [0.2, 0.25) is 0 Å². The molecule has 0 bridgehead atoms. The highest BCUT2D eigenvalue weighted by atomic mass is 79.9. The Kier molecular flexibility index (Phi) is 4.06. The van der Waals surface area contributed by atoms with Crippen LogP contribution in [0.4, 0.5) is 0 Å². The first-order valence-corrected chi connectivity index (χ1v) is 8.49. The van der Waals surface area contributed by atoms with E-state index in [1.807, 2.05) is 0 Å². The summed E-state index contributed by atoms with van der Waals surface area (Å²) in [4.78, 5) is 1.24. The Hall–Kier alpha value is -0.970. The fourth-order valence-electron chi connectivity index (χ4n) is 2.13. The fraction of sp³-hybridized carbons (Fsp3) is 0.0625. The Labute approximate surface area is 139 Å². The molecule has 0 N–H and O–H groups in total. The first kappa shape index (κ1) is 14.0. The maximum Gasteiger partial charge on any atom is 0.0921 e. The summed E-state index contributed by atoms with van der Waals surface area (Å²) in [5.74, 6) is 0. The number of aryl methyl sites for hydroxylation is 1. The predicted molar refractivity (Wildman–Crippen MR) is 93.1 cm³/mol. The lowest BCUT2D eigenvalue weighted by atomic mass is 10.00. The Morgan fingerprint density at radius 2 is 1.30 bits per heavy atom. The van der Waals surface area contributed by atoms with Gasteiger partial charge in [-0.15, -0.1) is 0 Å². The Morgan fingerprint density at radius 1 is 0.800 bits per heavy atom. The molecule has 0 atom stereocenters. The van der Waals surface area contributed by atoms with Gasteiger partial charge in [0.25, 0.3) is 0 Å². The molecule has 0 fully saturated rings. The van der Waals surface area contributed by atoms with Gasteiger partial charge in [0.2, 0.25) is 0 Å². The quantitative estimate of drug-likeness (QED) is 0.484. The van der Waals surface area contributed by atoms with Crippen LogP contribution in [0.25, 0.3) is 22.4 Å². The zero-order valence-corrected chi connectivity index (χ0v) is 14.7. The summed E-state index contributed by atoms with van der Waals surface area (Å²) in [6, 6.07) is 16.7. The van der Waals surface area contributed by atoms with Gasteiger partial charge in [0.1, 0.15) is 0 Å². The second-order valence-electron chi connectivity index (χ2n) is 4.48. The minimum Gasteiger partial charge on any atom is -0.192 e. The van der Waals surface area contributed by atoms with Gasteiger partial charge in [0.15, 0.2) is 0 Å². The second-order valence-corrected chi connectivity index (χ2v) is 7.29. The number of halogens is 2. The van der Waals surface area contributed by atoms with E-state index < -0.39 is 0 Å². The molecule has 1 aromatic heterocycles. The minimum absolute atomic E-state index is 1.06. The minimum atomic E-state index is 1.06. The van der Waals surface area contributed by atoms with Crippen LogP contribution in [0.15, 0.2) is 57.5 Å². The van der Waals surface area contributed by atoms with Crippen molar-refractivity contribution in [2.24, 2.45) is 0 Å². The van der Waals surface area contributed by atoms with E-state index in [0.29, 0.717) is 0 Å². The third-order valence-corrected chi connectivity index (χ3v) is 4.92. The van der Waals surface area contributed by atoms with Crippen molar-refractivity contribution in [3.8, 4) is 22.4 Å². The molecular weight excluding hydrogens is 398 g/mol. The predicted octanol–water partition coefficient (Wildman–Crippen LogP) is 6.31. The Balaban J connectivity index is 2.14. The second kappa shape index (κ2) is 5.80. The lowest BCUT2D eigenvalue weighted by Gasteiger charge is -2.05. The summed E-state index contributed by atoms with van der Waals surface area (Å²) in [7, 11) is 0. The molecule has 0 spiro atoms. The summed E-state index contributed by atoms with van der Waals surface area (Å²) in [6.07, 6.45) is 0. The van der Waals surface area contributed by atoms with E-state index in [0.717, 1.165) is 20.2 Å². The van der Waals surface area contributed by atoms with E-state index in [9.17, 15) is 0 Å². The van der Waals surface area contributed by atoms with Crippen molar-refractivity contribution in [2.75, 3.05) is 0 Å².